The number of rotatable bonds is 7. The molecule has 1 rings (SSSR count). The van der Waals surface area contributed by atoms with Gasteiger partial charge in [-0.05, 0) is 30.0 Å². The van der Waals surface area contributed by atoms with E-state index in [0.29, 0.717) is 12.2 Å². The van der Waals surface area contributed by atoms with E-state index in [-0.39, 0.29) is 25.7 Å². The summed E-state index contributed by atoms with van der Waals surface area (Å²) in [6.45, 7) is 2.17. The molecular weight excluding hydrogens is 220 g/mol. The molecule has 0 unspecified atom stereocenters. The summed E-state index contributed by atoms with van der Waals surface area (Å²) in [7, 11) is 0. The summed E-state index contributed by atoms with van der Waals surface area (Å²) in [5, 5.41) is 27.6. The van der Waals surface area contributed by atoms with Crippen molar-refractivity contribution in [1.29, 1.82) is 0 Å². The van der Waals surface area contributed by atoms with Crippen molar-refractivity contribution in [1.82, 2.24) is 0 Å². The Morgan fingerprint density at radius 1 is 1.24 bits per heavy atom. The second-order valence-corrected chi connectivity index (χ2v) is 4.08. The van der Waals surface area contributed by atoms with Gasteiger partial charge in [0, 0.05) is 6.61 Å². The summed E-state index contributed by atoms with van der Waals surface area (Å²) in [5.74, 6) is 0.625. The third kappa shape index (κ3) is 4.34. The monoisotopic (exact) mass is 240 g/mol. The Morgan fingerprint density at radius 3 is 2.65 bits per heavy atom. The van der Waals surface area contributed by atoms with Gasteiger partial charge in [-0.25, -0.2) is 0 Å². The molecule has 4 nitrogen and oxygen atoms in total. The van der Waals surface area contributed by atoms with Gasteiger partial charge in [0.15, 0.2) is 0 Å². The van der Waals surface area contributed by atoms with Gasteiger partial charge in [-0.15, -0.1) is 0 Å². The standard InChI is InChI=1S/C13H20O4/c1-10(5-6-14)13(16)11-3-2-4-12(9-11)17-8-7-15/h2-4,9-10,13-16H,5-8H2,1H3/t10-,13-/m0/s1. The minimum absolute atomic E-state index is 0.00640. The van der Waals surface area contributed by atoms with Gasteiger partial charge < -0.3 is 20.1 Å². The topological polar surface area (TPSA) is 69.9 Å². The van der Waals surface area contributed by atoms with E-state index < -0.39 is 6.10 Å². The molecule has 0 spiro atoms. The zero-order valence-corrected chi connectivity index (χ0v) is 10.0. The van der Waals surface area contributed by atoms with Gasteiger partial charge in [0.05, 0.1) is 12.7 Å². The highest BCUT2D eigenvalue weighted by Gasteiger charge is 2.16. The van der Waals surface area contributed by atoms with Crippen LogP contribution in [0.1, 0.15) is 25.0 Å². The predicted octanol–water partition coefficient (Wildman–Crippen LogP) is 1.11. The molecule has 3 N–H and O–H groups in total. The average Bonchev–Trinajstić information content (AvgIpc) is 2.36. The summed E-state index contributed by atoms with van der Waals surface area (Å²) < 4.78 is 5.28. The molecule has 0 aliphatic rings. The van der Waals surface area contributed by atoms with Gasteiger partial charge in [0.1, 0.15) is 12.4 Å². The van der Waals surface area contributed by atoms with Crippen LogP contribution in [-0.2, 0) is 0 Å². The number of aliphatic hydroxyl groups excluding tert-OH is 3. The minimum Gasteiger partial charge on any atom is -0.491 e. The second-order valence-electron chi connectivity index (χ2n) is 4.08. The van der Waals surface area contributed by atoms with Crippen molar-refractivity contribution in [2.24, 2.45) is 5.92 Å². The molecule has 0 radical (unpaired) electrons. The highest BCUT2D eigenvalue weighted by atomic mass is 16.5. The van der Waals surface area contributed by atoms with E-state index in [2.05, 4.69) is 0 Å². The van der Waals surface area contributed by atoms with E-state index in [0.717, 1.165) is 5.56 Å². The predicted molar refractivity (Wildman–Crippen MR) is 64.8 cm³/mol. The number of benzene rings is 1. The Kier molecular flexibility index (Phi) is 5.97. The van der Waals surface area contributed by atoms with Gasteiger partial charge in [0.2, 0.25) is 0 Å². The molecular formula is C13H20O4. The van der Waals surface area contributed by atoms with Crippen LogP contribution in [0.15, 0.2) is 24.3 Å². The molecule has 0 aliphatic heterocycles. The van der Waals surface area contributed by atoms with Crippen LogP contribution in [0.25, 0.3) is 0 Å². The van der Waals surface area contributed by atoms with Gasteiger partial charge in [-0.1, -0.05) is 19.1 Å². The van der Waals surface area contributed by atoms with E-state index in [1.54, 1.807) is 18.2 Å². The molecule has 17 heavy (non-hydrogen) atoms. The minimum atomic E-state index is -0.611. The summed E-state index contributed by atoms with van der Waals surface area (Å²) in [6.07, 6.45) is -0.0528. The Bertz CT molecular complexity index is 327. The third-order valence-corrected chi connectivity index (χ3v) is 2.68. The van der Waals surface area contributed by atoms with Crippen molar-refractivity contribution in [3.63, 3.8) is 0 Å². The first-order valence-electron chi connectivity index (χ1n) is 5.81. The van der Waals surface area contributed by atoms with Crippen LogP contribution in [-0.4, -0.2) is 35.1 Å². The Hall–Kier alpha value is -1.10. The first kappa shape index (κ1) is 14.0. The summed E-state index contributed by atoms with van der Waals surface area (Å²) in [4.78, 5) is 0. The quantitative estimate of drug-likeness (QED) is 0.667. The zero-order valence-electron chi connectivity index (χ0n) is 10.0. The van der Waals surface area contributed by atoms with Crippen LogP contribution in [0.4, 0.5) is 0 Å². The Morgan fingerprint density at radius 2 is 2.00 bits per heavy atom. The SMILES string of the molecule is C[C@@H](CCO)[C@H](O)c1cccc(OCCO)c1. The molecule has 96 valence electrons. The van der Waals surface area contributed by atoms with Crippen LogP contribution in [0.3, 0.4) is 0 Å². The van der Waals surface area contributed by atoms with E-state index in [4.69, 9.17) is 14.9 Å². The third-order valence-electron chi connectivity index (χ3n) is 2.68. The maximum Gasteiger partial charge on any atom is 0.119 e. The average molecular weight is 240 g/mol. The number of ether oxygens (including phenoxy) is 1. The lowest BCUT2D eigenvalue weighted by atomic mass is 9.95. The van der Waals surface area contributed by atoms with Gasteiger partial charge in [-0.3, -0.25) is 0 Å². The van der Waals surface area contributed by atoms with E-state index >= 15 is 0 Å². The Balaban J connectivity index is 2.69. The molecule has 0 saturated heterocycles. The van der Waals surface area contributed by atoms with Crippen LogP contribution in [0.2, 0.25) is 0 Å². The molecule has 2 atom stereocenters. The summed E-state index contributed by atoms with van der Waals surface area (Å²) in [6, 6.07) is 7.16. The second kappa shape index (κ2) is 7.27. The fourth-order valence-corrected chi connectivity index (χ4v) is 1.64. The van der Waals surface area contributed by atoms with Crippen LogP contribution in [0, 0.1) is 5.92 Å². The van der Waals surface area contributed by atoms with Crippen LogP contribution >= 0.6 is 0 Å². The molecule has 1 aromatic carbocycles. The lowest BCUT2D eigenvalue weighted by Crippen LogP contribution is -2.11. The van der Waals surface area contributed by atoms with Gasteiger partial charge in [-0.2, -0.15) is 0 Å². The lowest BCUT2D eigenvalue weighted by Gasteiger charge is -2.18. The highest BCUT2D eigenvalue weighted by Crippen LogP contribution is 2.26. The fourth-order valence-electron chi connectivity index (χ4n) is 1.64. The van der Waals surface area contributed by atoms with E-state index in [9.17, 15) is 5.11 Å². The van der Waals surface area contributed by atoms with Crippen molar-refractivity contribution in [2.45, 2.75) is 19.4 Å². The van der Waals surface area contributed by atoms with Crippen molar-refractivity contribution >= 4 is 0 Å². The zero-order chi connectivity index (χ0) is 12.7. The molecule has 0 aliphatic carbocycles. The normalized spacial score (nSPS) is 14.4. The molecule has 0 fully saturated rings. The molecule has 0 bridgehead atoms. The largest absolute Gasteiger partial charge is 0.491 e. The van der Waals surface area contributed by atoms with E-state index in [1.807, 2.05) is 13.0 Å². The van der Waals surface area contributed by atoms with Crippen LogP contribution in [0.5, 0.6) is 5.75 Å². The summed E-state index contributed by atoms with van der Waals surface area (Å²) in [5.41, 5.74) is 0.765. The summed E-state index contributed by atoms with van der Waals surface area (Å²) >= 11 is 0. The first-order chi connectivity index (χ1) is 8.19. The highest BCUT2D eigenvalue weighted by molar-refractivity contribution is 5.30. The molecule has 0 saturated carbocycles. The van der Waals surface area contributed by atoms with Crippen molar-refractivity contribution in [3.05, 3.63) is 29.8 Å². The Labute approximate surface area is 101 Å². The molecule has 0 aromatic heterocycles. The van der Waals surface area contributed by atoms with Gasteiger partial charge >= 0.3 is 0 Å². The van der Waals surface area contributed by atoms with Crippen molar-refractivity contribution in [3.8, 4) is 5.75 Å². The fraction of sp³-hybridized carbons (Fsp3) is 0.538. The number of hydrogen-bond acceptors (Lipinski definition) is 4. The number of hydrogen-bond donors (Lipinski definition) is 3. The maximum atomic E-state index is 10.1. The van der Waals surface area contributed by atoms with Crippen molar-refractivity contribution < 1.29 is 20.1 Å². The van der Waals surface area contributed by atoms with E-state index in [1.165, 1.54) is 0 Å². The van der Waals surface area contributed by atoms with Crippen molar-refractivity contribution in [2.75, 3.05) is 19.8 Å². The van der Waals surface area contributed by atoms with Crippen LogP contribution < -0.4 is 4.74 Å². The maximum absolute atomic E-state index is 10.1. The molecule has 0 amide bonds. The lowest BCUT2D eigenvalue weighted by molar-refractivity contribution is 0.0987. The smallest absolute Gasteiger partial charge is 0.119 e. The number of aliphatic hydroxyl groups is 3. The molecule has 0 heterocycles. The molecule has 1 aromatic rings. The first-order valence-corrected chi connectivity index (χ1v) is 5.81. The van der Waals surface area contributed by atoms with Gasteiger partial charge in [0.25, 0.3) is 0 Å². The molecule has 4 heteroatoms.